The maximum Gasteiger partial charge on any atom is 0.306 e. The van der Waals surface area contributed by atoms with Gasteiger partial charge in [-0.05, 0) is 41.9 Å². The van der Waals surface area contributed by atoms with E-state index in [9.17, 15) is 19.8 Å². The van der Waals surface area contributed by atoms with Crippen molar-refractivity contribution < 1.29 is 19.8 Å². The first-order valence-electron chi connectivity index (χ1n) is 11.2. The number of aliphatic hydroxyl groups is 1. The largest absolute Gasteiger partial charge is 0.481 e. The monoisotopic (exact) mass is 425 g/mol. The molecule has 0 aliphatic carbocycles. The fourth-order valence-electron chi connectivity index (χ4n) is 3.77. The van der Waals surface area contributed by atoms with E-state index in [4.69, 9.17) is 0 Å². The number of carbonyl (C=O) groups excluding carboxylic acids is 1. The van der Waals surface area contributed by atoms with Crippen molar-refractivity contribution in [3.05, 3.63) is 60.2 Å². The molecule has 3 atom stereocenters. The maximum absolute atomic E-state index is 12.6. The third-order valence-corrected chi connectivity index (χ3v) is 5.67. The molecule has 3 N–H and O–H groups in total. The summed E-state index contributed by atoms with van der Waals surface area (Å²) >= 11 is 0. The summed E-state index contributed by atoms with van der Waals surface area (Å²) in [5.74, 6) is -1.60. The number of rotatable bonds is 13. The molecule has 2 aromatic rings. The van der Waals surface area contributed by atoms with Crippen LogP contribution in [0.3, 0.4) is 0 Å². The number of benzene rings is 2. The zero-order valence-corrected chi connectivity index (χ0v) is 18.6. The summed E-state index contributed by atoms with van der Waals surface area (Å²) in [7, 11) is 0. The molecule has 3 unspecified atom stereocenters. The summed E-state index contributed by atoms with van der Waals surface area (Å²) < 4.78 is 0. The van der Waals surface area contributed by atoms with Crippen LogP contribution < -0.4 is 5.32 Å². The first-order valence-corrected chi connectivity index (χ1v) is 11.2. The Bertz CT molecular complexity index is 804. The maximum atomic E-state index is 12.6. The van der Waals surface area contributed by atoms with Crippen molar-refractivity contribution in [3.8, 4) is 11.1 Å². The Hall–Kier alpha value is -2.66. The van der Waals surface area contributed by atoms with E-state index < -0.39 is 11.9 Å². The quantitative estimate of drug-likeness (QED) is 0.435. The van der Waals surface area contributed by atoms with E-state index in [1.807, 2.05) is 30.3 Å². The Kier molecular flexibility index (Phi) is 10.2. The van der Waals surface area contributed by atoms with E-state index in [2.05, 4.69) is 36.5 Å². The van der Waals surface area contributed by atoms with Crippen molar-refractivity contribution in [2.45, 2.75) is 58.4 Å². The van der Waals surface area contributed by atoms with Gasteiger partial charge in [0, 0.05) is 19.1 Å². The highest BCUT2D eigenvalue weighted by Crippen LogP contribution is 2.21. The van der Waals surface area contributed by atoms with E-state index in [-0.39, 0.29) is 30.9 Å². The average molecular weight is 426 g/mol. The lowest BCUT2D eigenvalue weighted by Crippen LogP contribution is -2.39. The molecule has 5 heteroatoms. The fraction of sp³-hybridized carbons (Fsp3) is 0.462. The van der Waals surface area contributed by atoms with E-state index in [0.29, 0.717) is 12.8 Å². The van der Waals surface area contributed by atoms with Gasteiger partial charge in [-0.25, -0.2) is 0 Å². The van der Waals surface area contributed by atoms with Crippen molar-refractivity contribution in [3.63, 3.8) is 0 Å². The fourth-order valence-corrected chi connectivity index (χ4v) is 3.77. The lowest BCUT2D eigenvalue weighted by Gasteiger charge is -2.22. The minimum Gasteiger partial charge on any atom is -0.481 e. The van der Waals surface area contributed by atoms with Crippen LogP contribution in [0.5, 0.6) is 0 Å². The van der Waals surface area contributed by atoms with Crippen LogP contribution in [0.1, 0.15) is 51.5 Å². The molecule has 0 aromatic heterocycles. The number of aliphatic carboxylic acids is 1. The Balaban J connectivity index is 2.05. The van der Waals surface area contributed by atoms with E-state index in [1.54, 1.807) is 6.92 Å². The second-order valence-electron chi connectivity index (χ2n) is 8.40. The second-order valence-corrected chi connectivity index (χ2v) is 8.40. The van der Waals surface area contributed by atoms with Gasteiger partial charge in [-0.2, -0.15) is 0 Å². The van der Waals surface area contributed by atoms with Gasteiger partial charge in [0.1, 0.15) is 0 Å². The normalized spacial score (nSPS) is 13.9. The molecule has 2 aromatic carbocycles. The number of carboxylic acid groups (broad SMARTS) is 1. The molecule has 0 heterocycles. The van der Waals surface area contributed by atoms with Crippen molar-refractivity contribution in [1.29, 1.82) is 0 Å². The SMILES string of the molecule is CCCCC(CO)CC(=O)NC(Cc1ccc(-c2ccccc2)cc1)CC(C)C(=O)O. The van der Waals surface area contributed by atoms with Crippen LogP contribution in [0.25, 0.3) is 11.1 Å². The highest BCUT2D eigenvalue weighted by Gasteiger charge is 2.22. The van der Waals surface area contributed by atoms with Crippen LogP contribution in [0.15, 0.2) is 54.6 Å². The molecule has 0 spiro atoms. The van der Waals surface area contributed by atoms with Crippen molar-refractivity contribution >= 4 is 11.9 Å². The molecule has 0 aliphatic rings. The minimum absolute atomic E-state index is 0.00936. The topological polar surface area (TPSA) is 86.6 Å². The van der Waals surface area contributed by atoms with Crippen LogP contribution in [0.2, 0.25) is 0 Å². The van der Waals surface area contributed by atoms with Gasteiger partial charge < -0.3 is 15.5 Å². The van der Waals surface area contributed by atoms with E-state index >= 15 is 0 Å². The number of carbonyl (C=O) groups is 2. The summed E-state index contributed by atoms with van der Waals surface area (Å²) in [5, 5.41) is 21.9. The van der Waals surface area contributed by atoms with Gasteiger partial charge in [0.2, 0.25) is 5.91 Å². The van der Waals surface area contributed by atoms with Crippen LogP contribution in [-0.2, 0) is 16.0 Å². The van der Waals surface area contributed by atoms with Crippen LogP contribution in [-0.4, -0.2) is 34.7 Å². The van der Waals surface area contributed by atoms with Crippen LogP contribution in [0.4, 0.5) is 0 Å². The lowest BCUT2D eigenvalue weighted by molar-refractivity contribution is -0.141. The summed E-state index contributed by atoms with van der Waals surface area (Å²) in [4.78, 5) is 24.0. The van der Waals surface area contributed by atoms with E-state index in [1.165, 1.54) is 0 Å². The third-order valence-electron chi connectivity index (χ3n) is 5.67. The summed E-state index contributed by atoms with van der Waals surface area (Å²) in [6, 6.07) is 18.0. The van der Waals surface area contributed by atoms with Crippen molar-refractivity contribution in [2.24, 2.45) is 11.8 Å². The molecule has 0 bridgehead atoms. The first-order chi connectivity index (χ1) is 14.9. The lowest BCUT2D eigenvalue weighted by atomic mass is 9.94. The number of nitrogens with one attached hydrogen (secondary N) is 1. The molecule has 0 radical (unpaired) electrons. The Morgan fingerprint density at radius 3 is 2.23 bits per heavy atom. The first kappa shape index (κ1) is 24.6. The number of unbranched alkanes of at least 4 members (excludes halogenated alkanes) is 1. The molecule has 0 fully saturated rings. The zero-order chi connectivity index (χ0) is 22.6. The summed E-state index contributed by atoms with van der Waals surface area (Å²) in [5.41, 5.74) is 3.30. The zero-order valence-electron chi connectivity index (χ0n) is 18.6. The standard InChI is InChI=1S/C26H35NO4/c1-3-4-8-21(18-28)17-25(29)27-24(15-19(2)26(30)31)16-20-11-13-23(14-12-20)22-9-6-5-7-10-22/h5-7,9-14,19,21,24,28H,3-4,8,15-18H2,1-2H3,(H,27,29)(H,30,31). The molecular weight excluding hydrogens is 390 g/mol. The number of amides is 1. The van der Waals surface area contributed by atoms with Gasteiger partial charge in [-0.1, -0.05) is 81.3 Å². The smallest absolute Gasteiger partial charge is 0.306 e. The number of aliphatic hydroxyl groups excluding tert-OH is 1. The third kappa shape index (κ3) is 8.54. The Labute approximate surface area is 185 Å². The summed E-state index contributed by atoms with van der Waals surface area (Å²) in [6.07, 6.45) is 4.01. The molecule has 168 valence electrons. The van der Waals surface area contributed by atoms with Crippen LogP contribution >= 0.6 is 0 Å². The van der Waals surface area contributed by atoms with Gasteiger partial charge >= 0.3 is 5.97 Å². The molecule has 0 saturated carbocycles. The number of hydrogen-bond acceptors (Lipinski definition) is 3. The number of carboxylic acids is 1. The highest BCUT2D eigenvalue weighted by atomic mass is 16.4. The van der Waals surface area contributed by atoms with Crippen molar-refractivity contribution in [1.82, 2.24) is 5.32 Å². The van der Waals surface area contributed by atoms with Crippen LogP contribution in [0, 0.1) is 11.8 Å². The van der Waals surface area contributed by atoms with E-state index in [0.717, 1.165) is 36.0 Å². The molecule has 2 rings (SSSR count). The Morgan fingerprint density at radius 1 is 1.00 bits per heavy atom. The second kappa shape index (κ2) is 12.9. The average Bonchev–Trinajstić information content (AvgIpc) is 2.77. The molecule has 0 saturated heterocycles. The van der Waals surface area contributed by atoms with Gasteiger partial charge in [-0.15, -0.1) is 0 Å². The molecular formula is C26H35NO4. The van der Waals surface area contributed by atoms with Gasteiger partial charge in [0.15, 0.2) is 0 Å². The molecule has 31 heavy (non-hydrogen) atoms. The predicted octanol–water partition coefficient (Wildman–Crippen LogP) is 4.68. The Morgan fingerprint density at radius 2 is 1.65 bits per heavy atom. The van der Waals surface area contributed by atoms with Gasteiger partial charge in [0.05, 0.1) is 5.92 Å². The minimum atomic E-state index is -0.866. The summed E-state index contributed by atoms with van der Waals surface area (Å²) in [6.45, 7) is 3.74. The molecule has 0 aliphatic heterocycles. The molecule has 1 amide bonds. The highest BCUT2D eigenvalue weighted by molar-refractivity contribution is 5.77. The van der Waals surface area contributed by atoms with Crippen molar-refractivity contribution in [2.75, 3.05) is 6.61 Å². The van der Waals surface area contributed by atoms with Gasteiger partial charge in [-0.3, -0.25) is 9.59 Å². The van der Waals surface area contributed by atoms with Gasteiger partial charge in [0.25, 0.3) is 0 Å². The number of hydrogen-bond donors (Lipinski definition) is 3. The predicted molar refractivity (Wildman–Crippen MR) is 124 cm³/mol. The molecule has 5 nitrogen and oxygen atoms in total.